The van der Waals surface area contributed by atoms with Gasteiger partial charge in [-0.05, 0) is 61.1 Å². The number of ether oxygens (including phenoxy) is 5. The van der Waals surface area contributed by atoms with Crippen molar-refractivity contribution in [2.75, 3.05) is 47.6 Å². The highest BCUT2D eigenvalue weighted by Gasteiger charge is 2.37. The van der Waals surface area contributed by atoms with Gasteiger partial charge in [0.1, 0.15) is 0 Å². The molecule has 4 rings (SSSR count). The van der Waals surface area contributed by atoms with Gasteiger partial charge in [-0.25, -0.2) is 0 Å². The molecule has 2 aromatic rings. The molecule has 35 heavy (non-hydrogen) atoms. The van der Waals surface area contributed by atoms with Crippen molar-refractivity contribution >= 4 is 11.9 Å². The van der Waals surface area contributed by atoms with E-state index in [4.69, 9.17) is 23.7 Å². The zero-order valence-electron chi connectivity index (χ0n) is 20.6. The van der Waals surface area contributed by atoms with Crippen LogP contribution in [0.15, 0.2) is 36.4 Å². The predicted octanol–water partition coefficient (Wildman–Crippen LogP) is 3.29. The van der Waals surface area contributed by atoms with Crippen LogP contribution in [-0.4, -0.2) is 64.4 Å². The van der Waals surface area contributed by atoms with Crippen molar-refractivity contribution < 1.29 is 33.3 Å². The number of hydrogen-bond donors (Lipinski definition) is 0. The predicted molar refractivity (Wildman–Crippen MR) is 129 cm³/mol. The molecule has 0 aromatic heterocycles. The van der Waals surface area contributed by atoms with Gasteiger partial charge >= 0.3 is 5.97 Å². The summed E-state index contributed by atoms with van der Waals surface area (Å²) in [6, 6.07) is 11.4. The average Bonchev–Trinajstić information content (AvgIpc) is 3.54. The van der Waals surface area contributed by atoms with Gasteiger partial charge in [0.2, 0.25) is 0 Å². The summed E-state index contributed by atoms with van der Waals surface area (Å²) in [5.74, 6) is 1.96. The van der Waals surface area contributed by atoms with Gasteiger partial charge in [0.15, 0.2) is 29.6 Å². The summed E-state index contributed by atoms with van der Waals surface area (Å²) in [5.41, 5.74) is 2.00. The lowest BCUT2D eigenvalue weighted by atomic mass is 9.85. The first-order valence-corrected chi connectivity index (χ1v) is 12.0. The molecule has 0 saturated carbocycles. The topological polar surface area (TPSA) is 83.5 Å². The van der Waals surface area contributed by atoms with Crippen LogP contribution in [0.3, 0.4) is 0 Å². The molecular formula is C27H33NO7. The Kier molecular flexibility index (Phi) is 8.00. The third-order valence-electron chi connectivity index (χ3n) is 6.75. The number of carbonyl (C=O) groups is 2. The first-order valence-electron chi connectivity index (χ1n) is 12.0. The molecule has 0 spiro atoms. The van der Waals surface area contributed by atoms with E-state index >= 15 is 0 Å². The number of rotatable bonds is 10. The number of benzene rings is 2. The van der Waals surface area contributed by atoms with E-state index in [-0.39, 0.29) is 30.3 Å². The number of esters is 1. The summed E-state index contributed by atoms with van der Waals surface area (Å²) in [6.45, 7) is 1.95. The van der Waals surface area contributed by atoms with Crippen molar-refractivity contribution in [2.24, 2.45) is 11.8 Å². The first-order chi connectivity index (χ1) is 17.0. The molecule has 2 aromatic carbocycles. The maximum Gasteiger partial charge on any atom is 0.309 e. The summed E-state index contributed by atoms with van der Waals surface area (Å²) in [7, 11) is 4.78. The van der Waals surface area contributed by atoms with Gasteiger partial charge in [-0.2, -0.15) is 0 Å². The minimum absolute atomic E-state index is 0.0136. The Morgan fingerprint density at radius 1 is 0.886 bits per heavy atom. The molecule has 2 heterocycles. The van der Waals surface area contributed by atoms with Crippen LogP contribution >= 0.6 is 0 Å². The molecule has 0 radical (unpaired) electrons. The highest BCUT2D eigenvalue weighted by molar-refractivity contribution is 5.78. The number of carbonyl (C=O) groups excluding carboxylic acids is 2. The van der Waals surface area contributed by atoms with E-state index in [9.17, 15) is 9.59 Å². The molecule has 2 fully saturated rings. The monoisotopic (exact) mass is 483 g/mol. The second kappa shape index (κ2) is 11.3. The highest BCUT2D eigenvalue weighted by Crippen LogP contribution is 2.35. The second-order valence-electron chi connectivity index (χ2n) is 8.96. The van der Waals surface area contributed by atoms with Crippen molar-refractivity contribution in [1.82, 2.24) is 4.90 Å². The molecule has 2 aliphatic heterocycles. The largest absolute Gasteiger partial charge is 0.493 e. The van der Waals surface area contributed by atoms with Crippen LogP contribution in [-0.2, 0) is 27.2 Å². The number of likely N-dealkylation sites (tertiary alicyclic amines) is 1. The molecule has 2 atom stereocenters. The summed E-state index contributed by atoms with van der Waals surface area (Å²) in [6.07, 6.45) is 3.30. The van der Waals surface area contributed by atoms with Crippen LogP contribution < -0.4 is 18.9 Å². The Morgan fingerprint density at radius 3 is 2.14 bits per heavy atom. The van der Waals surface area contributed by atoms with Gasteiger partial charge in [-0.1, -0.05) is 12.1 Å². The van der Waals surface area contributed by atoms with Gasteiger partial charge in [0.25, 0.3) is 5.91 Å². The van der Waals surface area contributed by atoms with Crippen molar-refractivity contribution in [1.29, 1.82) is 0 Å². The Morgan fingerprint density at radius 2 is 1.49 bits per heavy atom. The molecule has 2 aliphatic rings. The molecule has 188 valence electrons. The average molecular weight is 484 g/mol. The van der Waals surface area contributed by atoms with Crippen LogP contribution in [0.2, 0.25) is 0 Å². The van der Waals surface area contributed by atoms with Gasteiger partial charge in [0, 0.05) is 19.0 Å². The smallest absolute Gasteiger partial charge is 0.309 e. The molecule has 0 unspecified atom stereocenters. The van der Waals surface area contributed by atoms with E-state index < -0.39 is 0 Å². The van der Waals surface area contributed by atoms with Crippen LogP contribution in [0, 0.1) is 11.8 Å². The van der Waals surface area contributed by atoms with E-state index in [0.29, 0.717) is 42.4 Å². The van der Waals surface area contributed by atoms with E-state index in [2.05, 4.69) is 0 Å². The minimum Gasteiger partial charge on any atom is -0.493 e. The van der Waals surface area contributed by atoms with Crippen LogP contribution in [0.5, 0.6) is 23.0 Å². The maximum absolute atomic E-state index is 12.6. The highest BCUT2D eigenvalue weighted by atomic mass is 16.5. The molecule has 0 bridgehead atoms. The van der Waals surface area contributed by atoms with Gasteiger partial charge < -0.3 is 28.6 Å². The van der Waals surface area contributed by atoms with Crippen molar-refractivity contribution in [3.8, 4) is 23.0 Å². The lowest BCUT2D eigenvalue weighted by Gasteiger charge is -2.18. The number of methoxy groups -OCH3 is 3. The summed E-state index contributed by atoms with van der Waals surface area (Å²) < 4.78 is 27.4. The van der Waals surface area contributed by atoms with Crippen molar-refractivity contribution in [3.63, 3.8) is 0 Å². The molecule has 8 heteroatoms. The normalized spacial score (nSPS) is 19.4. The number of amides is 1. The Labute approximate surface area is 206 Å². The summed E-state index contributed by atoms with van der Waals surface area (Å²) >= 11 is 0. The third-order valence-corrected chi connectivity index (χ3v) is 6.75. The van der Waals surface area contributed by atoms with E-state index in [1.807, 2.05) is 35.2 Å². The Hall–Kier alpha value is -3.42. The Balaban J connectivity index is 1.42. The minimum atomic E-state index is -0.267. The molecular weight excluding hydrogens is 450 g/mol. The van der Waals surface area contributed by atoms with Crippen LogP contribution in [0.1, 0.15) is 24.0 Å². The standard InChI is InChI=1S/C27H33NO7/c1-31-22-8-6-18(14-24(22)32-2)12-20-16-35-27(30)21(20)13-19-7-9-23(25(15-19)33-3)34-17-26(29)28-10-4-5-11-28/h6-9,14-15,20-21H,4-5,10-13,16-17H2,1-3H3/t20-,21+/m0/s1. The molecule has 0 N–H and O–H groups in total. The fourth-order valence-corrected chi connectivity index (χ4v) is 4.78. The zero-order valence-corrected chi connectivity index (χ0v) is 20.6. The van der Waals surface area contributed by atoms with E-state index in [1.165, 1.54) is 0 Å². The lowest BCUT2D eigenvalue weighted by molar-refractivity contribution is -0.141. The van der Waals surface area contributed by atoms with Crippen molar-refractivity contribution in [3.05, 3.63) is 47.5 Å². The fraction of sp³-hybridized carbons (Fsp3) is 0.481. The first kappa shape index (κ1) is 24.7. The van der Waals surface area contributed by atoms with Gasteiger partial charge in [-0.3, -0.25) is 9.59 Å². The molecule has 0 aliphatic carbocycles. The van der Waals surface area contributed by atoms with E-state index in [1.54, 1.807) is 27.4 Å². The lowest BCUT2D eigenvalue weighted by Crippen LogP contribution is -2.32. The Bertz CT molecular complexity index is 1050. The van der Waals surface area contributed by atoms with Crippen LogP contribution in [0.25, 0.3) is 0 Å². The SMILES string of the molecule is COc1ccc(C[C@H]2COC(=O)[C@@H]2Cc2ccc(OCC(=O)N3CCCC3)c(OC)c2)cc1OC. The summed E-state index contributed by atoms with van der Waals surface area (Å²) in [5, 5.41) is 0. The third kappa shape index (κ3) is 5.81. The second-order valence-corrected chi connectivity index (χ2v) is 8.96. The van der Waals surface area contributed by atoms with E-state index in [0.717, 1.165) is 37.1 Å². The zero-order chi connectivity index (χ0) is 24.8. The quantitative estimate of drug-likeness (QED) is 0.480. The molecule has 1 amide bonds. The molecule has 8 nitrogen and oxygen atoms in total. The maximum atomic E-state index is 12.6. The fourth-order valence-electron chi connectivity index (χ4n) is 4.78. The molecule has 2 saturated heterocycles. The number of hydrogen-bond acceptors (Lipinski definition) is 7. The summed E-state index contributed by atoms with van der Waals surface area (Å²) in [4.78, 5) is 26.7. The number of cyclic esters (lactones) is 1. The number of nitrogens with zero attached hydrogens (tertiary/aromatic N) is 1. The van der Waals surface area contributed by atoms with Crippen molar-refractivity contribution in [2.45, 2.75) is 25.7 Å². The van der Waals surface area contributed by atoms with Gasteiger partial charge in [-0.15, -0.1) is 0 Å². The van der Waals surface area contributed by atoms with Gasteiger partial charge in [0.05, 0.1) is 33.9 Å². The van der Waals surface area contributed by atoms with Crippen LogP contribution in [0.4, 0.5) is 0 Å².